The highest BCUT2D eigenvalue weighted by Crippen LogP contribution is 2.35. The number of methoxy groups -OCH3 is 1. The first-order valence-electron chi connectivity index (χ1n) is 7.07. The van der Waals surface area contributed by atoms with Gasteiger partial charge in [0.15, 0.2) is 0 Å². The fourth-order valence-corrected chi connectivity index (χ4v) is 3.51. The zero-order chi connectivity index (χ0) is 15.2. The van der Waals surface area contributed by atoms with E-state index in [4.69, 9.17) is 0 Å². The molecule has 0 amide bonds. The van der Waals surface area contributed by atoms with Gasteiger partial charge in [-0.3, -0.25) is 4.79 Å². The summed E-state index contributed by atoms with van der Waals surface area (Å²) in [5, 5.41) is 0. The molecule has 0 aromatic heterocycles. The van der Waals surface area contributed by atoms with Crippen LogP contribution < -0.4 is 4.72 Å². The van der Waals surface area contributed by atoms with Crippen molar-refractivity contribution in [3.8, 4) is 0 Å². The molecule has 1 N–H and O–H groups in total. The Labute approximate surface area is 122 Å². The maximum atomic E-state index is 12.1. The lowest BCUT2D eigenvalue weighted by Crippen LogP contribution is -2.44. The lowest BCUT2D eigenvalue weighted by molar-refractivity contribution is -0.140. The molecule has 1 aliphatic carbocycles. The summed E-state index contributed by atoms with van der Waals surface area (Å²) in [4.78, 5) is 11.0. The van der Waals surface area contributed by atoms with Crippen molar-refractivity contribution in [3.63, 3.8) is 0 Å². The number of esters is 1. The molecule has 1 rings (SSSR count). The molecule has 1 saturated carbocycles. The largest absolute Gasteiger partial charge is 0.469 e. The molecule has 118 valence electrons. The SMILES string of the molecule is COC(=O)CCN(C)S(=O)(=O)NCC1(C)CCCCC1. The number of hydrogen-bond acceptors (Lipinski definition) is 4. The van der Waals surface area contributed by atoms with E-state index in [9.17, 15) is 13.2 Å². The predicted molar refractivity (Wildman–Crippen MR) is 77.4 cm³/mol. The van der Waals surface area contributed by atoms with Crippen molar-refractivity contribution in [1.82, 2.24) is 9.03 Å². The van der Waals surface area contributed by atoms with Crippen molar-refractivity contribution in [2.45, 2.75) is 45.4 Å². The molecule has 7 heteroatoms. The minimum Gasteiger partial charge on any atom is -0.469 e. The molecule has 0 spiro atoms. The van der Waals surface area contributed by atoms with Crippen LogP contribution in [-0.2, 0) is 19.7 Å². The van der Waals surface area contributed by atoms with Gasteiger partial charge in [-0.2, -0.15) is 12.7 Å². The molecule has 0 aromatic rings. The number of rotatable bonds is 7. The summed E-state index contributed by atoms with van der Waals surface area (Å²) >= 11 is 0. The van der Waals surface area contributed by atoms with Crippen molar-refractivity contribution in [1.29, 1.82) is 0 Å². The summed E-state index contributed by atoms with van der Waals surface area (Å²) in [6, 6.07) is 0. The van der Waals surface area contributed by atoms with Gasteiger partial charge in [-0.1, -0.05) is 26.2 Å². The summed E-state index contributed by atoms with van der Waals surface area (Å²) in [7, 11) is -0.769. The predicted octanol–water partition coefficient (Wildman–Crippen LogP) is 1.29. The Morgan fingerprint density at radius 1 is 1.30 bits per heavy atom. The van der Waals surface area contributed by atoms with Crippen molar-refractivity contribution >= 4 is 16.2 Å². The lowest BCUT2D eigenvalue weighted by Gasteiger charge is -2.34. The van der Waals surface area contributed by atoms with Crippen LogP contribution in [0.25, 0.3) is 0 Å². The Hall–Kier alpha value is -0.660. The van der Waals surface area contributed by atoms with Crippen molar-refractivity contribution in [2.75, 3.05) is 27.2 Å². The molecule has 0 bridgehead atoms. The fourth-order valence-electron chi connectivity index (χ4n) is 2.43. The zero-order valence-corrected chi connectivity index (χ0v) is 13.5. The van der Waals surface area contributed by atoms with Crippen LogP contribution in [0.5, 0.6) is 0 Å². The van der Waals surface area contributed by atoms with Crippen LogP contribution in [0.3, 0.4) is 0 Å². The highest BCUT2D eigenvalue weighted by molar-refractivity contribution is 7.87. The van der Waals surface area contributed by atoms with Gasteiger partial charge >= 0.3 is 5.97 Å². The second-order valence-electron chi connectivity index (χ2n) is 5.85. The summed E-state index contributed by atoms with van der Waals surface area (Å²) in [6.07, 6.45) is 5.74. The second kappa shape index (κ2) is 7.38. The van der Waals surface area contributed by atoms with Gasteiger partial charge in [-0.05, 0) is 18.3 Å². The molecule has 0 atom stereocenters. The van der Waals surface area contributed by atoms with Crippen LogP contribution in [0, 0.1) is 5.41 Å². The van der Waals surface area contributed by atoms with Gasteiger partial charge in [-0.25, -0.2) is 4.72 Å². The first-order chi connectivity index (χ1) is 9.29. The topological polar surface area (TPSA) is 75.7 Å². The lowest BCUT2D eigenvalue weighted by atomic mass is 9.76. The van der Waals surface area contributed by atoms with Gasteiger partial charge in [0.1, 0.15) is 0 Å². The average molecular weight is 306 g/mol. The van der Waals surface area contributed by atoms with Crippen LogP contribution >= 0.6 is 0 Å². The Morgan fingerprint density at radius 3 is 2.45 bits per heavy atom. The summed E-state index contributed by atoms with van der Waals surface area (Å²) in [5.74, 6) is -0.411. The molecule has 1 fully saturated rings. The summed E-state index contributed by atoms with van der Waals surface area (Å²) < 4.78 is 32.5. The minimum atomic E-state index is -3.53. The van der Waals surface area contributed by atoms with E-state index in [0.717, 1.165) is 30.0 Å². The molecule has 0 aromatic carbocycles. The zero-order valence-electron chi connectivity index (χ0n) is 12.6. The van der Waals surface area contributed by atoms with E-state index in [0.29, 0.717) is 6.54 Å². The highest BCUT2D eigenvalue weighted by atomic mass is 32.2. The molecule has 0 radical (unpaired) electrons. The normalized spacial score (nSPS) is 19.0. The summed E-state index contributed by atoms with van der Waals surface area (Å²) in [6.45, 7) is 2.71. The fraction of sp³-hybridized carbons (Fsp3) is 0.923. The Kier molecular flexibility index (Phi) is 6.42. The van der Waals surface area contributed by atoms with Crippen molar-refractivity contribution in [3.05, 3.63) is 0 Å². The second-order valence-corrected chi connectivity index (χ2v) is 7.71. The van der Waals surface area contributed by atoms with Gasteiger partial charge in [0.25, 0.3) is 10.2 Å². The van der Waals surface area contributed by atoms with E-state index in [1.807, 2.05) is 0 Å². The number of hydrogen-bond donors (Lipinski definition) is 1. The smallest absolute Gasteiger partial charge is 0.306 e. The quantitative estimate of drug-likeness (QED) is 0.719. The monoisotopic (exact) mass is 306 g/mol. The van der Waals surface area contributed by atoms with E-state index >= 15 is 0 Å². The van der Waals surface area contributed by atoms with Gasteiger partial charge in [-0.15, -0.1) is 0 Å². The van der Waals surface area contributed by atoms with Crippen LogP contribution in [-0.4, -0.2) is 45.9 Å². The maximum Gasteiger partial charge on any atom is 0.306 e. The van der Waals surface area contributed by atoms with Gasteiger partial charge in [0, 0.05) is 20.1 Å². The molecule has 0 heterocycles. The first-order valence-corrected chi connectivity index (χ1v) is 8.51. The molecular weight excluding hydrogens is 280 g/mol. The van der Waals surface area contributed by atoms with Crippen molar-refractivity contribution in [2.24, 2.45) is 5.41 Å². The molecule has 0 aliphatic heterocycles. The van der Waals surface area contributed by atoms with Crippen LogP contribution in [0.15, 0.2) is 0 Å². The van der Waals surface area contributed by atoms with E-state index in [-0.39, 0.29) is 18.4 Å². The van der Waals surface area contributed by atoms with E-state index in [1.54, 1.807) is 0 Å². The molecule has 6 nitrogen and oxygen atoms in total. The average Bonchev–Trinajstić information content (AvgIpc) is 2.43. The minimum absolute atomic E-state index is 0.0501. The van der Waals surface area contributed by atoms with Crippen LogP contribution in [0.2, 0.25) is 0 Å². The number of nitrogens with one attached hydrogen (secondary N) is 1. The van der Waals surface area contributed by atoms with Crippen molar-refractivity contribution < 1.29 is 17.9 Å². The number of carbonyl (C=O) groups is 1. The maximum absolute atomic E-state index is 12.1. The van der Waals surface area contributed by atoms with Gasteiger partial charge < -0.3 is 4.74 Å². The van der Waals surface area contributed by atoms with E-state index < -0.39 is 16.2 Å². The standard InChI is InChI=1S/C13H26N2O4S/c1-13(8-5-4-6-9-13)11-14-20(17,18)15(2)10-7-12(16)19-3/h14H,4-11H2,1-3H3. The van der Waals surface area contributed by atoms with Crippen LogP contribution in [0.1, 0.15) is 45.4 Å². The van der Waals surface area contributed by atoms with Crippen LogP contribution in [0.4, 0.5) is 0 Å². The molecular formula is C13H26N2O4S. The van der Waals surface area contributed by atoms with E-state index in [2.05, 4.69) is 16.4 Å². The number of nitrogens with zero attached hydrogens (tertiary/aromatic N) is 1. The Morgan fingerprint density at radius 2 is 1.90 bits per heavy atom. The third-order valence-electron chi connectivity index (χ3n) is 4.01. The third kappa shape index (κ3) is 5.38. The molecule has 0 saturated heterocycles. The number of carbonyl (C=O) groups excluding carboxylic acids is 1. The third-order valence-corrected chi connectivity index (χ3v) is 5.52. The molecule has 1 aliphatic rings. The van der Waals surface area contributed by atoms with Gasteiger partial charge in [0.05, 0.1) is 13.5 Å². The molecule has 20 heavy (non-hydrogen) atoms. The summed E-state index contributed by atoms with van der Waals surface area (Å²) in [5.41, 5.74) is 0.0501. The highest BCUT2D eigenvalue weighted by Gasteiger charge is 2.29. The number of ether oxygens (including phenoxy) is 1. The molecule has 0 unspecified atom stereocenters. The first kappa shape index (κ1) is 17.4. The Balaban J connectivity index is 2.45. The van der Waals surface area contributed by atoms with E-state index in [1.165, 1.54) is 20.6 Å². The Bertz CT molecular complexity index is 416. The van der Waals surface area contributed by atoms with Gasteiger partial charge in [0.2, 0.25) is 0 Å².